The molecule has 0 aliphatic heterocycles. The fraction of sp³-hybridized carbons (Fsp3) is 0.500. The number of halogens is 1. The van der Waals surface area contributed by atoms with E-state index in [9.17, 15) is 0 Å². The van der Waals surface area contributed by atoms with Crippen molar-refractivity contribution < 1.29 is 4.74 Å². The topological polar surface area (TPSA) is 45.0 Å². The fourth-order valence-electron chi connectivity index (χ4n) is 2.36. The highest BCUT2D eigenvalue weighted by Gasteiger charge is 2.20. The van der Waals surface area contributed by atoms with Crippen molar-refractivity contribution in [3.63, 3.8) is 0 Å². The second-order valence-electron chi connectivity index (χ2n) is 4.67. The molecule has 18 heavy (non-hydrogen) atoms. The van der Waals surface area contributed by atoms with Crippen LogP contribution in [0.4, 0.5) is 5.69 Å². The number of nitrogens with zero attached hydrogens (tertiary/aromatic N) is 1. The van der Waals surface area contributed by atoms with Crippen LogP contribution in [-0.4, -0.2) is 13.2 Å². The van der Waals surface area contributed by atoms with E-state index >= 15 is 0 Å². The van der Waals surface area contributed by atoms with Gasteiger partial charge in [-0.3, -0.25) is 0 Å². The molecular formula is C14H17ClN2O. The zero-order chi connectivity index (χ0) is 13.0. The van der Waals surface area contributed by atoms with Gasteiger partial charge in [0.1, 0.15) is 5.75 Å². The van der Waals surface area contributed by atoms with Crippen molar-refractivity contribution in [3.8, 4) is 11.8 Å². The molecule has 1 fully saturated rings. The zero-order valence-electron chi connectivity index (χ0n) is 10.4. The van der Waals surface area contributed by atoms with Crippen molar-refractivity contribution in [1.82, 2.24) is 0 Å². The molecule has 2 rings (SSSR count). The Morgan fingerprint density at radius 2 is 2.06 bits per heavy atom. The van der Waals surface area contributed by atoms with Gasteiger partial charge in [0.05, 0.1) is 18.2 Å². The maximum Gasteiger partial charge on any atom is 0.137 e. The fourth-order valence-corrected chi connectivity index (χ4v) is 2.62. The van der Waals surface area contributed by atoms with Crippen molar-refractivity contribution in [2.75, 3.05) is 12.4 Å². The Bertz CT molecular complexity index is 448. The van der Waals surface area contributed by atoms with Crippen LogP contribution in [0.1, 0.15) is 25.7 Å². The van der Waals surface area contributed by atoms with E-state index in [1.54, 1.807) is 7.11 Å². The van der Waals surface area contributed by atoms with Gasteiger partial charge in [0.2, 0.25) is 0 Å². The van der Waals surface area contributed by atoms with E-state index in [2.05, 4.69) is 11.4 Å². The van der Waals surface area contributed by atoms with E-state index in [1.807, 2.05) is 18.2 Å². The van der Waals surface area contributed by atoms with Gasteiger partial charge in [0, 0.05) is 17.6 Å². The van der Waals surface area contributed by atoms with Crippen molar-refractivity contribution >= 4 is 17.3 Å². The second kappa shape index (κ2) is 5.97. The van der Waals surface area contributed by atoms with Crippen LogP contribution in [0.5, 0.6) is 5.75 Å². The predicted molar refractivity (Wildman–Crippen MR) is 73.0 cm³/mol. The summed E-state index contributed by atoms with van der Waals surface area (Å²) in [6.07, 6.45) is 4.06. The normalized spacial score (nSPS) is 23.2. The first-order valence-electron chi connectivity index (χ1n) is 6.22. The van der Waals surface area contributed by atoms with Gasteiger partial charge in [0.15, 0.2) is 0 Å². The first-order chi connectivity index (χ1) is 8.72. The average molecular weight is 265 g/mol. The molecule has 1 aliphatic rings. The SMILES string of the molecule is COc1ccc(NC2CCC(C#N)CC2)cc1Cl. The standard InChI is InChI=1S/C14H17ClN2O/c1-18-14-7-6-12(8-13(14)15)17-11-4-2-10(9-16)3-5-11/h6-8,10-11,17H,2-5H2,1H3. The monoisotopic (exact) mass is 264 g/mol. The molecule has 0 atom stereocenters. The molecule has 1 aromatic carbocycles. The minimum absolute atomic E-state index is 0.238. The van der Waals surface area contributed by atoms with E-state index in [1.165, 1.54) is 0 Å². The Labute approximate surface area is 113 Å². The van der Waals surface area contributed by atoms with E-state index in [0.717, 1.165) is 31.4 Å². The molecule has 4 heteroatoms. The Hall–Kier alpha value is -1.40. The van der Waals surface area contributed by atoms with E-state index in [0.29, 0.717) is 16.8 Å². The summed E-state index contributed by atoms with van der Waals surface area (Å²) in [5.41, 5.74) is 1.02. The summed E-state index contributed by atoms with van der Waals surface area (Å²) in [4.78, 5) is 0. The van der Waals surface area contributed by atoms with Crippen molar-refractivity contribution in [2.24, 2.45) is 5.92 Å². The highest BCUT2D eigenvalue weighted by atomic mass is 35.5. The highest BCUT2D eigenvalue weighted by Crippen LogP contribution is 2.30. The van der Waals surface area contributed by atoms with Gasteiger partial charge in [-0.15, -0.1) is 0 Å². The molecule has 0 radical (unpaired) electrons. The third kappa shape index (κ3) is 3.08. The molecule has 0 aromatic heterocycles. The number of ether oxygens (including phenoxy) is 1. The molecule has 3 nitrogen and oxygen atoms in total. The van der Waals surface area contributed by atoms with Crippen LogP contribution in [0, 0.1) is 17.2 Å². The van der Waals surface area contributed by atoms with Crippen LogP contribution < -0.4 is 10.1 Å². The minimum atomic E-state index is 0.238. The molecule has 0 saturated heterocycles. The number of anilines is 1. The summed E-state index contributed by atoms with van der Waals surface area (Å²) in [6, 6.07) is 8.52. The molecule has 1 aromatic rings. The molecule has 96 valence electrons. The van der Waals surface area contributed by atoms with E-state index in [-0.39, 0.29) is 5.92 Å². The van der Waals surface area contributed by atoms with Crippen LogP contribution in [0.2, 0.25) is 5.02 Å². The van der Waals surface area contributed by atoms with Gasteiger partial charge < -0.3 is 10.1 Å². The van der Waals surface area contributed by atoms with Gasteiger partial charge in [0.25, 0.3) is 0 Å². The van der Waals surface area contributed by atoms with Crippen molar-refractivity contribution in [1.29, 1.82) is 5.26 Å². The lowest BCUT2D eigenvalue weighted by Gasteiger charge is -2.26. The molecule has 0 bridgehead atoms. The Balaban J connectivity index is 1.94. The molecule has 0 amide bonds. The number of methoxy groups -OCH3 is 1. The third-order valence-corrected chi connectivity index (χ3v) is 3.73. The molecule has 0 spiro atoms. The Morgan fingerprint density at radius 3 is 2.61 bits per heavy atom. The first-order valence-corrected chi connectivity index (χ1v) is 6.60. The second-order valence-corrected chi connectivity index (χ2v) is 5.08. The largest absolute Gasteiger partial charge is 0.495 e. The highest BCUT2D eigenvalue weighted by molar-refractivity contribution is 6.32. The number of rotatable bonds is 3. The maximum absolute atomic E-state index is 8.86. The molecular weight excluding hydrogens is 248 g/mol. The lowest BCUT2D eigenvalue weighted by molar-refractivity contribution is 0.397. The van der Waals surface area contributed by atoms with Crippen LogP contribution in [0.3, 0.4) is 0 Å². The van der Waals surface area contributed by atoms with Crippen LogP contribution in [0.25, 0.3) is 0 Å². The number of nitriles is 1. The summed E-state index contributed by atoms with van der Waals surface area (Å²) in [5.74, 6) is 0.929. The lowest BCUT2D eigenvalue weighted by atomic mass is 9.87. The summed E-state index contributed by atoms with van der Waals surface area (Å²) in [5, 5.41) is 12.9. The molecule has 1 saturated carbocycles. The number of hydrogen-bond donors (Lipinski definition) is 1. The summed E-state index contributed by atoms with van der Waals surface area (Å²) in [7, 11) is 1.61. The van der Waals surface area contributed by atoms with E-state index < -0.39 is 0 Å². The summed E-state index contributed by atoms with van der Waals surface area (Å²) < 4.78 is 5.12. The van der Waals surface area contributed by atoms with Gasteiger partial charge in [-0.05, 0) is 43.9 Å². The Morgan fingerprint density at radius 1 is 1.33 bits per heavy atom. The molecule has 1 N–H and O–H groups in total. The molecule has 0 unspecified atom stereocenters. The van der Waals surface area contributed by atoms with Crippen LogP contribution in [-0.2, 0) is 0 Å². The Kier molecular flexibility index (Phi) is 4.33. The van der Waals surface area contributed by atoms with Gasteiger partial charge in [-0.1, -0.05) is 11.6 Å². The quantitative estimate of drug-likeness (QED) is 0.902. The van der Waals surface area contributed by atoms with Gasteiger partial charge in [-0.25, -0.2) is 0 Å². The summed E-state index contributed by atoms with van der Waals surface area (Å²) in [6.45, 7) is 0. The van der Waals surface area contributed by atoms with Crippen LogP contribution in [0.15, 0.2) is 18.2 Å². The number of benzene rings is 1. The van der Waals surface area contributed by atoms with Crippen LogP contribution >= 0.6 is 11.6 Å². The average Bonchev–Trinajstić information content (AvgIpc) is 2.40. The van der Waals surface area contributed by atoms with Crippen molar-refractivity contribution in [3.05, 3.63) is 23.2 Å². The third-order valence-electron chi connectivity index (χ3n) is 3.43. The molecule has 0 heterocycles. The first kappa shape index (κ1) is 13.0. The molecule has 1 aliphatic carbocycles. The zero-order valence-corrected chi connectivity index (χ0v) is 11.2. The van der Waals surface area contributed by atoms with Gasteiger partial charge >= 0.3 is 0 Å². The lowest BCUT2D eigenvalue weighted by Crippen LogP contribution is -2.25. The smallest absolute Gasteiger partial charge is 0.137 e. The van der Waals surface area contributed by atoms with Crippen molar-refractivity contribution in [2.45, 2.75) is 31.7 Å². The number of nitrogens with one attached hydrogen (secondary N) is 1. The number of hydrogen-bond acceptors (Lipinski definition) is 3. The summed E-state index contributed by atoms with van der Waals surface area (Å²) >= 11 is 6.08. The maximum atomic E-state index is 8.86. The minimum Gasteiger partial charge on any atom is -0.495 e. The van der Waals surface area contributed by atoms with E-state index in [4.69, 9.17) is 21.6 Å². The van der Waals surface area contributed by atoms with Gasteiger partial charge in [-0.2, -0.15) is 5.26 Å². The predicted octanol–water partition coefficient (Wildman–Crippen LogP) is 3.84.